The molecule has 1 fully saturated rings. The van der Waals surface area contributed by atoms with E-state index in [9.17, 15) is 13.2 Å². The second-order valence-electron chi connectivity index (χ2n) is 7.08. The van der Waals surface area contributed by atoms with E-state index in [1.54, 1.807) is 13.8 Å². The van der Waals surface area contributed by atoms with Gasteiger partial charge in [-0.25, -0.2) is 13.1 Å². The minimum atomic E-state index is -3.40. The predicted molar refractivity (Wildman–Crippen MR) is 101 cm³/mol. The number of benzene rings is 1. The normalized spacial score (nSPS) is 18.5. The van der Waals surface area contributed by atoms with E-state index in [2.05, 4.69) is 22.2 Å². The van der Waals surface area contributed by atoms with Gasteiger partial charge in [0.2, 0.25) is 15.9 Å². The van der Waals surface area contributed by atoms with Crippen LogP contribution in [-0.4, -0.2) is 32.7 Å². The van der Waals surface area contributed by atoms with Crippen LogP contribution in [0.4, 0.5) is 0 Å². The summed E-state index contributed by atoms with van der Waals surface area (Å²) in [6, 6.07) is 9.58. The standard InChI is InChI=1S/C19H30N2O3S/c1-3-14-25(23,24)21-16(2)18(22)20-15-19(12-8-5-9-13-19)17-10-6-4-7-11-17/h4,6-7,10-11,16,21H,3,5,8-9,12-15H2,1-2H3,(H,20,22). The molecule has 0 bridgehead atoms. The first-order chi connectivity index (χ1) is 11.9. The summed E-state index contributed by atoms with van der Waals surface area (Å²) < 4.78 is 26.1. The molecule has 1 aromatic carbocycles. The van der Waals surface area contributed by atoms with Crippen LogP contribution >= 0.6 is 0 Å². The quantitative estimate of drug-likeness (QED) is 0.743. The van der Waals surface area contributed by atoms with Gasteiger partial charge in [-0.2, -0.15) is 0 Å². The molecule has 140 valence electrons. The van der Waals surface area contributed by atoms with Crippen LogP contribution in [0.5, 0.6) is 0 Å². The van der Waals surface area contributed by atoms with Crippen molar-refractivity contribution in [2.75, 3.05) is 12.3 Å². The Morgan fingerprint density at radius 3 is 2.40 bits per heavy atom. The van der Waals surface area contributed by atoms with E-state index < -0.39 is 16.1 Å². The number of hydrogen-bond donors (Lipinski definition) is 2. The second kappa shape index (κ2) is 8.81. The van der Waals surface area contributed by atoms with E-state index in [1.807, 2.05) is 18.2 Å². The average molecular weight is 367 g/mol. The van der Waals surface area contributed by atoms with E-state index in [4.69, 9.17) is 0 Å². The molecule has 1 saturated carbocycles. The zero-order valence-corrected chi connectivity index (χ0v) is 16.1. The predicted octanol–water partition coefficient (Wildman–Crippen LogP) is 2.72. The van der Waals surface area contributed by atoms with Crippen LogP contribution in [0.25, 0.3) is 0 Å². The van der Waals surface area contributed by atoms with Crippen LogP contribution in [0.3, 0.4) is 0 Å². The molecule has 6 heteroatoms. The number of amides is 1. The van der Waals surface area contributed by atoms with Crippen molar-refractivity contribution in [1.29, 1.82) is 0 Å². The number of carbonyl (C=O) groups is 1. The first-order valence-corrected chi connectivity index (χ1v) is 10.9. The lowest BCUT2D eigenvalue weighted by Gasteiger charge is -2.38. The van der Waals surface area contributed by atoms with Gasteiger partial charge >= 0.3 is 0 Å². The smallest absolute Gasteiger partial charge is 0.237 e. The Morgan fingerprint density at radius 2 is 1.80 bits per heavy atom. The molecule has 0 aliphatic heterocycles. The molecule has 2 rings (SSSR count). The summed E-state index contributed by atoms with van der Waals surface area (Å²) in [7, 11) is -3.40. The second-order valence-corrected chi connectivity index (χ2v) is 8.96. The van der Waals surface area contributed by atoms with Crippen LogP contribution in [-0.2, 0) is 20.2 Å². The maximum atomic E-state index is 12.4. The lowest BCUT2D eigenvalue weighted by Crippen LogP contribution is -2.49. The molecule has 25 heavy (non-hydrogen) atoms. The van der Waals surface area contributed by atoms with Crippen LogP contribution in [0.2, 0.25) is 0 Å². The largest absolute Gasteiger partial charge is 0.354 e. The lowest BCUT2D eigenvalue weighted by molar-refractivity contribution is -0.122. The molecule has 0 heterocycles. The van der Waals surface area contributed by atoms with Crippen molar-refractivity contribution in [1.82, 2.24) is 10.0 Å². The molecule has 2 N–H and O–H groups in total. The Balaban J connectivity index is 2.02. The highest BCUT2D eigenvalue weighted by atomic mass is 32.2. The SMILES string of the molecule is CCCS(=O)(=O)NC(C)C(=O)NCC1(c2ccccc2)CCCCC1. The van der Waals surface area contributed by atoms with E-state index >= 15 is 0 Å². The van der Waals surface area contributed by atoms with Crippen molar-refractivity contribution in [2.24, 2.45) is 0 Å². The van der Waals surface area contributed by atoms with Gasteiger partial charge in [0, 0.05) is 12.0 Å². The van der Waals surface area contributed by atoms with Gasteiger partial charge in [-0.15, -0.1) is 0 Å². The molecular weight excluding hydrogens is 336 g/mol. The number of carbonyl (C=O) groups excluding carboxylic acids is 1. The third-order valence-corrected chi connectivity index (χ3v) is 6.68. The fraction of sp³-hybridized carbons (Fsp3) is 0.632. The van der Waals surface area contributed by atoms with Crippen molar-refractivity contribution in [3.63, 3.8) is 0 Å². The van der Waals surface area contributed by atoms with E-state index in [1.165, 1.54) is 12.0 Å². The highest BCUT2D eigenvalue weighted by molar-refractivity contribution is 7.89. The molecule has 1 amide bonds. The van der Waals surface area contributed by atoms with Crippen molar-refractivity contribution < 1.29 is 13.2 Å². The highest BCUT2D eigenvalue weighted by Crippen LogP contribution is 2.38. The van der Waals surface area contributed by atoms with Gasteiger partial charge < -0.3 is 5.32 Å². The van der Waals surface area contributed by atoms with Crippen molar-refractivity contribution in [3.05, 3.63) is 35.9 Å². The molecule has 1 aromatic rings. The lowest BCUT2D eigenvalue weighted by atomic mass is 9.69. The average Bonchev–Trinajstić information content (AvgIpc) is 2.60. The monoisotopic (exact) mass is 366 g/mol. The molecule has 1 aliphatic carbocycles. The third kappa shape index (κ3) is 5.54. The zero-order chi connectivity index (χ0) is 18.3. The fourth-order valence-corrected chi connectivity index (χ4v) is 4.95. The Hall–Kier alpha value is -1.40. The number of sulfonamides is 1. The molecule has 1 unspecified atom stereocenters. The van der Waals surface area contributed by atoms with E-state index in [0.717, 1.165) is 25.7 Å². The van der Waals surface area contributed by atoms with Gasteiger partial charge in [0.05, 0.1) is 11.8 Å². The summed E-state index contributed by atoms with van der Waals surface area (Å²) >= 11 is 0. The van der Waals surface area contributed by atoms with Gasteiger partial charge in [-0.3, -0.25) is 4.79 Å². The fourth-order valence-electron chi connectivity index (χ4n) is 3.65. The van der Waals surface area contributed by atoms with E-state index in [-0.39, 0.29) is 17.1 Å². The summed E-state index contributed by atoms with van der Waals surface area (Å²) in [5, 5.41) is 2.99. The topological polar surface area (TPSA) is 75.3 Å². The maximum absolute atomic E-state index is 12.4. The molecule has 0 spiro atoms. The summed E-state index contributed by atoms with van der Waals surface area (Å²) in [5.41, 5.74) is 1.21. The van der Waals surface area contributed by atoms with E-state index in [0.29, 0.717) is 13.0 Å². The number of nitrogens with one attached hydrogen (secondary N) is 2. The van der Waals surface area contributed by atoms with Crippen LogP contribution in [0.15, 0.2) is 30.3 Å². The van der Waals surface area contributed by atoms with Gasteiger partial charge in [0.15, 0.2) is 0 Å². The van der Waals surface area contributed by atoms with Crippen LogP contribution in [0.1, 0.15) is 57.9 Å². The highest BCUT2D eigenvalue weighted by Gasteiger charge is 2.34. The van der Waals surface area contributed by atoms with Crippen molar-refractivity contribution in [2.45, 2.75) is 63.8 Å². The van der Waals surface area contributed by atoms with Crippen LogP contribution in [0, 0.1) is 0 Å². The van der Waals surface area contributed by atoms with Gasteiger partial charge in [0.25, 0.3) is 0 Å². The Labute approximate surface area is 151 Å². The molecule has 1 atom stereocenters. The zero-order valence-electron chi connectivity index (χ0n) is 15.3. The molecular formula is C19H30N2O3S. The molecule has 1 aliphatic rings. The maximum Gasteiger partial charge on any atom is 0.237 e. The minimum absolute atomic E-state index is 0.0403. The van der Waals surface area contributed by atoms with Crippen molar-refractivity contribution >= 4 is 15.9 Å². The molecule has 0 saturated heterocycles. The van der Waals surface area contributed by atoms with Crippen LogP contribution < -0.4 is 10.0 Å². The minimum Gasteiger partial charge on any atom is -0.354 e. The number of rotatable bonds is 8. The molecule has 5 nitrogen and oxygen atoms in total. The summed E-state index contributed by atoms with van der Waals surface area (Å²) in [5.74, 6) is -0.223. The first kappa shape index (κ1) is 19.9. The van der Waals surface area contributed by atoms with Gasteiger partial charge in [-0.05, 0) is 31.7 Å². The molecule has 0 aromatic heterocycles. The Bertz CT molecular complexity index is 653. The summed E-state index contributed by atoms with van der Waals surface area (Å²) in [6.07, 6.45) is 6.17. The number of hydrogen-bond acceptors (Lipinski definition) is 3. The summed E-state index contributed by atoms with van der Waals surface area (Å²) in [6.45, 7) is 3.95. The van der Waals surface area contributed by atoms with Gasteiger partial charge in [-0.1, -0.05) is 56.5 Å². The first-order valence-electron chi connectivity index (χ1n) is 9.22. The summed E-state index contributed by atoms with van der Waals surface area (Å²) in [4.78, 5) is 12.4. The van der Waals surface area contributed by atoms with Crippen molar-refractivity contribution in [3.8, 4) is 0 Å². The molecule has 0 radical (unpaired) electrons. The Morgan fingerprint density at radius 1 is 1.16 bits per heavy atom. The Kier molecular flexibility index (Phi) is 7.02. The van der Waals surface area contributed by atoms with Gasteiger partial charge in [0.1, 0.15) is 0 Å². The third-order valence-electron chi connectivity index (χ3n) is 5.02.